The van der Waals surface area contributed by atoms with Gasteiger partial charge in [-0.3, -0.25) is 0 Å². The van der Waals surface area contributed by atoms with Gasteiger partial charge in [0.1, 0.15) is 5.01 Å². The number of alkyl halides is 3. The standard InChI is InChI=1S/C9H13F3N2O2S2/c1-3-6(14-18(15,16)4-2)8-13-7(5-17-8)9(10,11)12/h5-6,14H,3-4H2,1-2H3/t6-/m0/s1. The highest BCUT2D eigenvalue weighted by atomic mass is 32.2. The van der Waals surface area contributed by atoms with E-state index in [0.717, 1.165) is 16.7 Å². The maximum atomic E-state index is 12.4. The van der Waals surface area contributed by atoms with Crippen LogP contribution in [0.4, 0.5) is 13.2 Å². The van der Waals surface area contributed by atoms with E-state index in [1.54, 1.807) is 6.92 Å². The molecule has 4 nitrogen and oxygen atoms in total. The predicted molar refractivity (Wildman–Crippen MR) is 62.7 cm³/mol. The van der Waals surface area contributed by atoms with Crippen molar-refractivity contribution in [3.05, 3.63) is 16.1 Å². The zero-order valence-corrected chi connectivity index (χ0v) is 11.4. The van der Waals surface area contributed by atoms with Crippen molar-refractivity contribution in [1.82, 2.24) is 9.71 Å². The SMILES string of the molecule is CC[C@H](NS(=O)(=O)CC)c1nc(C(F)(F)F)cs1. The van der Waals surface area contributed by atoms with Crippen molar-refractivity contribution in [2.75, 3.05) is 5.75 Å². The number of rotatable bonds is 5. The highest BCUT2D eigenvalue weighted by Crippen LogP contribution is 2.32. The van der Waals surface area contributed by atoms with Crippen molar-refractivity contribution in [3.8, 4) is 0 Å². The summed E-state index contributed by atoms with van der Waals surface area (Å²) in [4.78, 5) is 3.44. The van der Waals surface area contributed by atoms with Gasteiger partial charge in [-0.15, -0.1) is 11.3 Å². The fourth-order valence-electron chi connectivity index (χ4n) is 1.19. The third-order valence-corrected chi connectivity index (χ3v) is 4.58. The van der Waals surface area contributed by atoms with E-state index in [9.17, 15) is 21.6 Å². The van der Waals surface area contributed by atoms with Crippen LogP contribution < -0.4 is 4.72 Å². The summed E-state index contributed by atoms with van der Waals surface area (Å²) in [6.07, 6.45) is -4.17. The van der Waals surface area contributed by atoms with Crippen LogP contribution in [0.25, 0.3) is 0 Å². The number of thiazole rings is 1. The first kappa shape index (κ1) is 15.4. The molecule has 1 heterocycles. The first-order valence-corrected chi connectivity index (χ1v) is 7.75. The molecule has 0 saturated carbocycles. The smallest absolute Gasteiger partial charge is 0.235 e. The van der Waals surface area contributed by atoms with Crippen molar-refractivity contribution < 1.29 is 21.6 Å². The molecule has 0 fully saturated rings. The summed E-state index contributed by atoms with van der Waals surface area (Å²) in [6.45, 7) is 3.13. The molecule has 0 saturated heterocycles. The van der Waals surface area contributed by atoms with E-state index in [1.165, 1.54) is 6.92 Å². The fourth-order valence-corrected chi connectivity index (χ4v) is 3.10. The van der Waals surface area contributed by atoms with Crippen LogP contribution in [0.3, 0.4) is 0 Å². The Balaban J connectivity index is 2.94. The fraction of sp³-hybridized carbons (Fsp3) is 0.667. The molecule has 0 unspecified atom stereocenters. The van der Waals surface area contributed by atoms with Crippen LogP contribution in [0.5, 0.6) is 0 Å². The Bertz CT molecular complexity index is 496. The molecule has 1 N–H and O–H groups in total. The third kappa shape index (κ3) is 3.92. The van der Waals surface area contributed by atoms with Crippen molar-refractivity contribution in [2.24, 2.45) is 0 Å². The van der Waals surface area contributed by atoms with Crippen molar-refractivity contribution in [1.29, 1.82) is 0 Å². The molecule has 0 aromatic carbocycles. The molecule has 0 spiro atoms. The lowest BCUT2D eigenvalue weighted by atomic mass is 10.2. The average Bonchev–Trinajstić information content (AvgIpc) is 2.74. The molecule has 1 aromatic rings. The number of aromatic nitrogens is 1. The first-order chi connectivity index (χ1) is 8.19. The van der Waals surface area contributed by atoms with Gasteiger partial charge in [0.25, 0.3) is 0 Å². The summed E-state index contributed by atoms with van der Waals surface area (Å²) in [5.74, 6) is -0.124. The number of hydrogen-bond donors (Lipinski definition) is 1. The maximum Gasteiger partial charge on any atom is 0.434 e. The topological polar surface area (TPSA) is 59.1 Å². The zero-order valence-electron chi connectivity index (χ0n) is 9.78. The van der Waals surface area contributed by atoms with Gasteiger partial charge in [-0.05, 0) is 13.3 Å². The monoisotopic (exact) mass is 302 g/mol. The summed E-state index contributed by atoms with van der Waals surface area (Å²) in [5.41, 5.74) is -0.989. The third-order valence-electron chi connectivity index (χ3n) is 2.22. The minimum atomic E-state index is -4.50. The summed E-state index contributed by atoms with van der Waals surface area (Å²) in [6, 6.07) is -0.712. The van der Waals surface area contributed by atoms with E-state index in [2.05, 4.69) is 9.71 Å². The predicted octanol–water partition coefficient (Wildman–Crippen LogP) is 2.55. The van der Waals surface area contributed by atoms with Gasteiger partial charge in [0, 0.05) is 5.38 Å². The molecule has 0 amide bonds. The molecule has 1 rings (SSSR count). The van der Waals surface area contributed by atoms with Crippen LogP contribution in [-0.4, -0.2) is 19.2 Å². The Morgan fingerprint density at radius 2 is 2.06 bits per heavy atom. The molecule has 1 aromatic heterocycles. The van der Waals surface area contributed by atoms with E-state index in [0.29, 0.717) is 6.42 Å². The zero-order chi connectivity index (χ0) is 14.0. The number of sulfonamides is 1. The summed E-state index contributed by atoms with van der Waals surface area (Å²) in [7, 11) is -3.47. The Labute approximate surface area is 107 Å². The van der Waals surface area contributed by atoms with Crippen LogP contribution >= 0.6 is 11.3 Å². The van der Waals surface area contributed by atoms with E-state index in [-0.39, 0.29) is 10.8 Å². The minimum Gasteiger partial charge on any atom is -0.235 e. The second-order valence-electron chi connectivity index (χ2n) is 3.55. The van der Waals surface area contributed by atoms with Crippen LogP contribution in [-0.2, 0) is 16.2 Å². The lowest BCUT2D eigenvalue weighted by Crippen LogP contribution is -2.29. The van der Waals surface area contributed by atoms with Crippen molar-refractivity contribution in [3.63, 3.8) is 0 Å². The molecule has 18 heavy (non-hydrogen) atoms. The Morgan fingerprint density at radius 3 is 2.44 bits per heavy atom. The van der Waals surface area contributed by atoms with Crippen LogP contribution in [0.15, 0.2) is 5.38 Å². The summed E-state index contributed by atoms with van der Waals surface area (Å²) < 4.78 is 62.2. The van der Waals surface area contributed by atoms with E-state index < -0.39 is 27.9 Å². The average molecular weight is 302 g/mol. The molecule has 1 atom stereocenters. The molecular weight excluding hydrogens is 289 g/mol. The minimum absolute atomic E-state index is 0.124. The Kier molecular flexibility index (Phi) is 4.73. The highest BCUT2D eigenvalue weighted by Gasteiger charge is 2.34. The number of nitrogens with zero attached hydrogens (tertiary/aromatic N) is 1. The Morgan fingerprint density at radius 1 is 1.44 bits per heavy atom. The van der Waals surface area contributed by atoms with Gasteiger partial charge >= 0.3 is 6.18 Å². The first-order valence-electron chi connectivity index (χ1n) is 5.22. The van der Waals surface area contributed by atoms with Crippen LogP contribution in [0.1, 0.15) is 37.0 Å². The van der Waals surface area contributed by atoms with Gasteiger partial charge in [-0.25, -0.2) is 18.1 Å². The lowest BCUT2D eigenvalue weighted by Gasteiger charge is -2.13. The largest absolute Gasteiger partial charge is 0.434 e. The Hall–Kier alpha value is -0.670. The van der Waals surface area contributed by atoms with Crippen molar-refractivity contribution in [2.45, 2.75) is 32.5 Å². The molecular formula is C9H13F3N2O2S2. The quantitative estimate of drug-likeness (QED) is 0.909. The van der Waals surface area contributed by atoms with E-state index in [1.807, 2.05) is 0 Å². The number of hydrogen-bond acceptors (Lipinski definition) is 4. The number of nitrogens with one attached hydrogen (secondary N) is 1. The number of halogens is 3. The highest BCUT2D eigenvalue weighted by molar-refractivity contribution is 7.89. The molecule has 0 radical (unpaired) electrons. The summed E-state index contributed by atoms with van der Waals surface area (Å²) in [5, 5.41) is 1.01. The van der Waals surface area contributed by atoms with Gasteiger partial charge in [0.15, 0.2) is 5.69 Å². The van der Waals surface area contributed by atoms with E-state index in [4.69, 9.17) is 0 Å². The molecule has 0 aliphatic rings. The molecule has 0 bridgehead atoms. The molecule has 9 heteroatoms. The van der Waals surface area contributed by atoms with Gasteiger partial charge in [0.2, 0.25) is 10.0 Å². The van der Waals surface area contributed by atoms with Gasteiger partial charge < -0.3 is 0 Å². The van der Waals surface area contributed by atoms with Gasteiger partial charge in [0.05, 0.1) is 11.8 Å². The molecule has 104 valence electrons. The summed E-state index contributed by atoms with van der Waals surface area (Å²) >= 11 is 0.802. The van der Waals surface area contributed by atoms with E-state index >= 15 is 0 Å². The second-order valence-corrected chi connectivity index (χ2v) is 6.48. The van der Waals surface area contributed by atoms with Gasteiger partial charge in [-0.1, -0.05) is 6.92 Å². The van der Waals surface area contributed by atoms with Crippen LogP contribution in [0.2, 0.25) is 0 Å². The second kappa shape index (κ2) is 5.54. The van der Waals surface area contributed by atoms with Crippen LogP contribution in [0, 0.1) is 0 Å². The lowest BCUT2D eigenvalue weighted by molar-refractivity contribution is -0.140. The van der Waals surface area contributed by atoms with Crippen molar-refractivity contribution >= 4 is 21.4 Å². The van der Waals surface area contributed by atoms with Gasteiger partial charge in [-0.2, -0.15) is 13.2 Å². The maximum absolute atomic E-state index is 12.4. The normalized spacial score (nSPS) is 14.7. The molecule has 0 aliphatic carbocycles. The molecule has 0 aliphatic heterocycles.